The highest BCUT2D eigenvalue weighted by molar-refractivity contribution is 7.89. The van der Waals surface area contributed by atoms with Crippen molar-refractivity contribution in [2.45, 2.75) is 11.1 Å². The van der Waals surface area contributed by atoms with Gasteiger partial charge in [0.1, 0.15) is 5.82 Å². The highest BCUT2D eigenvalue weighted by Crippen LogP contribution is 2.26. The van der Waals surface area contributed by atoms with Crippen molar-refractivity contribution in [2.75, 3.05) is 26.7 Å². The van der Waals surface area contributed by atoms with Crippen LogP contribution in [0.1, 0.15) is 22.2 Å². The van der Waals surface area contributed by atoms with Crippen molar-refractivity contribution in [1.82, 2.24) is 14.9 Å². The monoisotopic (exact) mass is 367 g/mol. The first-order chi connectivity index (χ1) is 11.9. The number of rotatable bonds is 4. The highest BCUT2D eigenvalue weighted by Gasteiger charge is 2.31. The molecule has 1 fully saturated rings. The van der Waals surface area contributed by atoms with Gasteiger partial charge in [0.05, 0.1) is 6.04 Å². The van der Waals surface area contributed by atoms with Crippen molar-refractivity contribution in [3.63, 3.8) is 0 Å². The number of furan rings is 1. The van der Waals surface area contributed by atoms with Crippen molar-refractivity contribution in [3.8, 4) is 0 Å². The molecule has 0 spiro atoms. The summed E-state index contributed by atoms with van der Waals surface area (Å²) in [5.74, 6) is -0.888. The minimum atomic E-state index is -3.76. The summed E-state index contributed by atoms with van der Waals surface area (Å²) in [7, 11) is -2.50. The Morgan fingerprint density at radius 1 is 1.36 bits per heavy atom. The highest BCUT2D eigenvalue weighted by atomic mass is 32.2. The molecule has 1 atom stereocenters. The topological polar surface area (TPSA) is 91.7 Å². The lowest BCUT2D eigenvalue weighted by Crippen LogP contribution is -2.48. The smallest absolute Gasteiger partial charge is 0.290 e. The number of nitrogens with one attached hydrogen (secondary N) is 2. The van der Waals surface area contributed by atoms with Crippen LogP contribution in [0.3, 0.4) is 0 Å². The van der Waals surface area contributed by atoms with E-state index in [-0.39, 0.29) is 22.7 Å². The molecule has 9 heteroatoms. The summed E-state index contributed by atoms with van der Waals surface area (Å²) < 4.78 is 44.4. The van der Waals surface area contributed by atoms with Gasteiger partial charge in [0, 0.05) is 19.6 Å². The lowest BCUT2D eigenvalue weighted by Gasteiger charge is -2.36. The summed E-state index contributed by atoms with van der Waals surface area (Å²) in [6.07, 6.45) is 0. The maximum absolute atomic E-state index is 13.5. The SMILES string of the molecule is CNS(=O)(=O)c1ccc(C(=O)N2CCNCC2c2cccc(F)c2)o1. The Labute approximate surface area is 144 Å². The Kier molecular flexibility index (Phi) is 4.89. The van der Waals surface area contributed by atoms with Gasteiger partial charge >= 0.3 is 0 Å². The largest absolute Gasteiger partial charge is 0.438 e. The number of hydrogen-bond donors (Lipinski definition) is 2. The van der Waals surface area contributed by atoms with E-state index < -0.39 is 15.9 Å². The molecule has 1 saturated heterocycles. The van der Waals surface area contributed by atoms with Gasteiger partial charge in [-0.05, 0) is 36.9 Å². The van der Waals surface area contributed by atoms with Gasteiger partial charge < -0.3 is 14.6 Å². The Balaban J connectivity index is 1.89. The van der Waals surface area contributed by atoms with E-state index in [9.17, 15) is 17.6 Å². The summed E-state index contributed by atoms with van der Waals surface area (Å²) in [5, 5.41) is 2.85. The van der Waals surface area contributed by atoms with Crippen LogP contribution in [0.25, 0.3) is 0 Å². The Hall–Kier alpha value is -2.23. The first-order valence-corrected chi connectivity index (χ1v) is 9.21. The van der Waals surface area contributed by atoms with E-state index >= 15 is 0 Å². The average molecular weight is 367 g/mol. The van der Waals surface area contributed by atoms with Crippen molar-refractivity contribution in [2.24, 2.45) is 0 Å². The Morgan fingerprint density at radius 2 is 2.16 bits per heavy atom. The molecule has 2 N–H and O–H groups in total. The number of piperazine rings is 1. The molecule has 3 rings (SSSR count). The van der Waals surface area contributed by atoms with Crippen LogP contribution in [0.15, 0.2) is 45.9 Å². The van der Waals surface area contributed by atoms with E-state index in [0.29, 0.717) is 25.2 Å². The van der Waals surface area contributed by atoms with E-state index in [1.54, 1.807) is 17.0 Å². The molecule has 2 heterocycles. The zero-order valence-electron chi connectivity index (χ0n) is 13.5. The maximum Gasteiger partial charge on any atom is 0.290 e. The fourth-order valence-electron chi connectivity index (χ4n) is 2.78. The quantitative estimate of drug-likeness (QED) is 0.845. The minimum Gasteiger partial charge on any atom is -0.438 e. The van der Waals surface area contributed by atoms with E-state index in [2.05, 4.69) is 10.0 Å². The Morgan fingerprint density at radius 3 is 2.88 bits per heavy atom. The van der Waals surface area contributed by atoms with Gasteiger partial charge in [-0.2, -0.15) is 0 Å². The van der Waals surface area contributed by atoms with E-state index in [1.807, 2.05) is 0 Å². The standard InChI is InChI=1S/C16H18FN3O4S/c1-18-25(22,23)15-6-5-14(24-15)16(21)20-8-7-19-10-13(20)11-3-2-4-12(17)9-11/h2-6,9,13,18-19H,7-8,10H2,1H3. The third-order valence-electron chi connectivity index (χ3n) is 4.06. The van der Waals surface area contributed by atoms with E-state index in [4.69, 9.17) is 4.42 Å². The van der Waals surface area contributed by atoms with Gasteiger partial charge in [0.2, 0.25) is 5.09 Å². The second-order valence-corrected chi connectivity index (χ2v) is 7.42. The first kappa shape index (κ1) is 17.6. The molecular weight excluding hydrogens is 349 g/mol. The van der Waals surface area contributed by atoms with Crippen molar-refractivity contribution in [3.05, 3.63) is 53.5 Å². The number of carbonyl (C=O) groups excluding carboxylic acids is 1. The zero-order valence-corrected chi connectivity index (χ0v) is 14.3. The van der Waals surface area contributed by atoms with Crippen LogP contribution in [-0.2, 0) is 10.0 Å². The normalized spacial score (nSPS) is 18.3. The van der Waals surface area contributed by atoms with E-state index in [0.717, 1.165) is 0 Å². The molecular formula is C16H18FN3O4S. The van der Waals surface area contributed by atoms with Crippen LogP contribution in [0.4, 0.5) is 4.39 Å². The summed E-state index contributed by atoms with van der Waals surface area (Å²) in [6.45, 7) is 1.45. The molecule has 0 radical (unpaired) electrons. The summed E-state index contributed by atoms with van der Waals surface area (Å²) in [6, 6.07) is 8.26. The van der Waals surface area contributed by atoms with Crippen molar-refractivity contribution in [1.29, 1.82) is 0 Å². The third kappa shape index (κ3) is 3.58. The molecule has 1 unspecified atom stereocenters. The predicted molar refractivity (Wildman–Crippen MR) is 88.0 cm³/mol. The number of halogens is 1. The second kappa shape index (κ2) is 6.95. The first-order valence-electron chi connectivity index (χ1n) is 7.73. The summed E-state index contributed by atoms with van der Waals surface area (Å²) in [4.78, 5) is 14.3. The number of amides is 1. The average Bonchev–Trinajstić information content (AvgIpc) is 3.12. The van der Waals surface area contributed by atoms with Gasteiger partial charge in [-0.25, -0.2) is 17.5 Å². The van der Waals surface area contributed by atoms with Crippen LogP contribution in [0.5, 0.6) is 0 Å². The number of benzene rings is 1. The zero-order chi connectivity index (χ0) is 18.0. The molecule has 2 aromatic rings. The van der Waals surface area contributed by atoms with Gasteiger partial charge in [0.25, 0.3) is 15.9 Å². The summed E-state index contributed by atoms with van der Waals surface area (Å²) in [5.41, 5.74) is 0.662. The molecule has 1 amide bonds. The van der Waals surface area contributed by atoms with Crippen molar-refractivity contribution < 1.29 is 22.0 Å². The maximum atomic E-state index is 13.5. The van der Waals surface area contributed by atoms with Gasteiger partial charge in [-0.15, -0.1) is 0 Å². The van der Waals surface area contributed by atoms with Crippen LogP contribution in [-0.4, -0.2) is 45.9 Å². The van der Waals surface area contributed by atoms with Gasteiger partial charge in [-0.3, -0.25) is 4.79 Å². The molecule has 25 heavy (non-hydrogen) atoms. The molecule has 1 aromatic heterocycles. The molecule has 0 aliphatic carbocycles. The van der Waals surface area contributed by atoms with Crippen LogP contribution < -0.4 is 10.0 Å². The molecule has 1 aliphatic heterocycles. The number of sulfonamides is 1. The third-order valence-corrected chi connectivity index (χ3v) is 5.35. The fourth-order valence-corrected chi connectivity index (χ4v) is 3.43. The number of hydrogen-bond acceptors (Lipinski definition) is 5. The molecule has 0 saturated carbocycles. The lowest BCUT2D eigenvalue weighted by atomic mass is 10.0. The number of nitrogens with zero attached hydrogens (tertiary/aromatic N) is 1. The second-order valence-electron chi connectivity index (χ2n) is 5.60. The van der Waals surface area contributed by atoms with Crippen molar-refractivity contribution >= 4 is 15.9 Å². The number of carbonyl (C=O) groups is 1. The lowest BCUT2D eigenvalue weighted by molar-refractivity contribution is 0.0595. The summed E-state index contributed by atoms with van der Waals surface area (Å²) >= 11 is 0. The van der Waals surface area contributed by atoms with Gasteiger partial charge in [0.15, 0.2) is 5.76 Å². The molecule has 134 valence electrons. The Bertz CT molecular complexity index is 881. The van der Waals surface area contributed by atoms with Crippen LogP contribution in [0.2, 0.25) is 0 Å². The van der Waals surface area contributed by atoms with Crippen LogP contribution in [0, 0.1) is 5.82 Å². The predicted octanol–water partition coefficient (Wildman–Crippen LogP) is 1.11. The van der Waals surface area contributed by atoms with E-state index in [1.165, 1.54) is 31.3 Å². The molecule has 1 aromatic carbocycles. The molecule has 0 bridgehead atoms. The minimum absolute atomic E-state index is 0.0721. The van der Waals surface area contributed by atoms with Crippen LogP contribution >= 0.6 is 0 Å². The molecule has 1 aliphatic rings. The van der Waals surface area contributed by atoms with Gasteiger partial charge in [-0.1, -0.05) is 12.1 Å². The molecule has 7 nitrogen and oxygen atoms in total. The fraction of sp³-hybridized carbons (Fsp3) is 0.312.